The first-order valence-electron chi connectivity index (χ1n) is 11.9. The summed E-state index contributed by atoms with van der Waals surface area (Å²) in [6, 6.07) is 17.8. The van der Waals surface area contributed by atoms with Crippen molar-refractivity contribution in [2.24, 2.45) is 0 Å². The van der Waals surface area contributed by atoms with Gasteiger partial charge in [-0.15, -0.1) is 0 Å². The lowest BCUT2D eigenvalue weighted by Crippen LogP contribution is -2.37. The number of aromatic nitrogens is 2. The molecule has 4 aromatic rings. The van der Waals surface area contributed by atoms with Gasteiger partial charge in [0.25, 0.3) is 0 Å². The summed E-state index contributed by atoms with van der Waals surface area (Å²) in [6.07, 6.45) is 3.36. The summed E-state index contributed by atoms with van der Waals surface area (Å²) in [7, 11) is -3.98. The lowest BCUT2D eigenvalue weighted by Gasteiger charge is -2.27. The number of hydrogen-bond donors (Lipinski definition) is 2. The minimum absolute atomic E-state index is 0.0331. The summed E-state index contributed by atoms with van der Waals surface area (Å²) in [5.41, 5.74) is 3.04. The van der Waals surface area contributed by atoms with Crippen LogP contribution in [-0.4, -0.2) is 55.8 Å². The Morgan fingerprint density at radius 2 is 1.83 bits per heavy atom. The van der Waals surface area contributed by atoms with Gasteiger partial charge in [0.15, 0.2) is 9.84 Å². The smallest absolute Gasteiger partial charge is 0.243 e. The Balaban J connectivity index is 1.43. The van der Waals surface area contributed by atoms with Crippen molar-refractivity contribution < 1.29 is 17.9 Å². The van der Waals surface area contributed by atoms with Crippen molar-refractivity contribution in [2.45, 2.75) is 23.5 Å². The Kier molecular flexibility index (Phi) is 6.75. The molecule has 0 saturated carbocycles. The van der Waals surface area contributed by atoms with E-state index in [1.165, 1.54) is 0 Å². The molecular weight excluding hydrogens is 476 g/mol. The van der Waals surface area contributed by atoms with E-state index in [-0.39, 0.29) is 11.3 Å². The number of amides is 1. The molecule has 36 heavy (non-hydrogen) atoms. The van der Waals surface area contributed by atoms with E-state index in [1.54, 1.807) is 42.7 Å². The molecule has 9 heteroatoms. The van der Waals surface area contributed by atoms with Crippen LogP contribution in [0.5, 0.6) is 0 Å². The number of hydrogen-bond acceptors (Lipinski definition) is 6. The fourth-order valence-corrected chi connectivity index (χ4v) is 5.98. The van der Waals surface area contributed by atoms with Gasteiger partial charge in [-0.2, -0.15) is 0 Å². The summed E-state index contributed by atoms with van der Waals surface area (Å²) in [6.45, 7) is 4.68. The molecule has 5 rings (SSSR count). The zero-order valence-electron chi connectivity index (χ0n) is 20.0. The molecule has 1 atom stereocenters. The van der Waals surface area contributed by atoms with Crippen molar-refractivity contribution in [1.82, 2.24) is 9.97 Å². The highest BCUT2D eigenvalue weighted by Gasteiger charge is 2.35. The maximum Gasteiger partial charge on any atom is 0.243 e. The highest BCUT2D eigenvalue weighted by Crippen LogP contribution is 2.26. The van der Waals surface area contributed by atoms with E-state index in [9.17, 15) is 13.2 Å². The van der Waals surface area contributed by atoms with Crippen molar-refractivity contribution >= 4 is 38.2 Å². The second-order valence-corrected chi connectivity index (χ2v) is 11.0. The number of rotatable bonds is 7. The van der Waals surface area contributed by atoms with E-state index < -0.39 is 21.0 Å². The zero-order valence-corrected chi connectivity index (χ0v) is 20.8. The summed E-state index contributed by atoms with van der Waals surface area (Å²) in [5.74, 6) is 0.195. The first-order valence-corrected chi connectivity index (χ1v) is 13.4. The average molecular weight is 505 g/mol. The summed E-state index contributed by atoms with van der Waals surface area (Å²) >= 11 is 0. The third-order valence-corrected chi connectivity index (χ3v) is 8.51. The normalized spacial score (nSPS) is 15.1. The van der Waals surface area contributed by atoms with E-state index in [0.29, 0.717) is 18.9 Å². The van der Waals surface area contributed by atoms with Gasteiger partial charge in [-0.1, -0.05) is 35.9 Å². The number of fused-ring (bicyclic) bond motifs is 1. The number of pyridine rings is 1. The van der Waals surface area contributed by atoms with Gasteiger partial charge < -0.3 is 19.9 Å². The Bertz CT molecular complexity index is 1460. The number of aromatic amines is 1. The molecule has 2 aromatic heterocycles. The van der Waals surface area contributed by atoms with Crippen molar-refractivity contribution in [2.75, 3.05) is 36.5 Å². The van der Waals surface area contributed by atoms with Crippen LogP contribution in [0.15, 0.2) is 78.0 Å². The van der Waals surface area contributed by atoms with Gasteiger partial charge in [0, 0.05) is 36.6 Å². The second-order valence-electron chi connectivity index (χ2n) is 8.90. The molecule has 1 aliphatic rings. The number of benzene rings is 2. The predicted octanol–water partition coefficient (Wildman–Crippen LogP) is 3.73. The molecule has 0 aliphatic carbocycles. The van der Waals surface area contributed by atoms with Crippen LogP contribution >= 0.6 is 0 Å². The van der Waals surface area contributed by atoms with Crippen LogP contribution < -0.4 is 10.2 Å². The van der Waals surface area contributed by atoms with Crippen LogP contribution in [-0.2, 0) is 25.8 Å². The van der Waals surface area contributed by atoms with Crippen LogP contribution in [0.3, 0.4) is 0 Å². The molecule has 0 spiro atoms. The molecule has 3 heterocycles. The Morgan fingerprint density at radius 1 is 1.08 bits per heavy atom. The molecule has 1 saturated heterocycles. The number of carbonyl (C=O) groups excluding carboxylic acids is 1. The van der Waals surface area contributed by atoms with Gasteiger partial charge in [-0.3, -0.25) is 4.79 Å². The maximum absolute atomic E-state index is 13.7. The zero-order chi connectivity index (χ0) is 25.1. The molecule has 0 bridgehead atoms. The van der Waals surface area contributed by atoms with Crippen molar-refractivity contribution in [1.29, 1.82) is 0 Å². The highest BCUT2D eigenvalue weighted by atomic mass is 32.2. The van der Waals surface area contributed by atoms with E-state index in [4.69, 9.17) is 4.74 Å². The predicted molar refractivity (Wildman–Crippen MR) is 140 cm³/mol. The van der Waals surface area contributed by atoms with Crippen molar-refractivity contribution in [3.63, 3.8) is 0 Å². The molecule has 1 fully saturated rings. The number of nitrogens with zero attached hydrogens (tertiary/aromatic N) is 2. The van der Waals surface area contributed by atoms with Crippen LogP contribution in [0.4, 0.5) is 11.5 Å². The number of ether oxygens (including phenoxy) is 1. The van der Waals surface area contributed by atoms with Gasteiger partial charge in [0.1, 0.15) is 11.1 Å². The quantitative estimate of drug-likeness (QED) is 0.397. The fraction of sp³-hybridized carbons (Fsp3) is 0.259. The number of carbonyl (C=O) groups is 1. The van der Waals surface area contributed by atoms with Crippen LogP contribution in [0.25, 0.3) is 10.9 Å². The van der Waals surface area contributed by atoms with E-state index in [1.807, 2.05) is 37.3 Å². The lowest BCUT2D eigenvalue weighted by molar-refractivity contribution is -0.115. The topological polar surface area (TPSA) is 104 Å². The van der Waals surface area contributed by atoms with Gasteiger partial charge in [0.2, 0.25) is 5.91 Å². The third-order valence-electron chi connectivity index (χ3n) is 6.45. The lowest BCUT2D eigenvalue weighted by atomic mass is 10.1. The number of anilines is 2. The van der Waals surface area contributed by atoms with E-state index in [0.717, 1.165) is 40.9 Å². The number of nitrogens with one attached hydrogen (secondary N) is 2. The fourth-order valence-electron chi connectivity index (χ4n) is 4.40. The van der Waals surface area contributed by atoms with E-state index in [2.05, 4.69) is 20.2 Å². The van der Waals surface area contributed by atoms with Crippen molar-refractivity contribution in [3.8, 4) is 0 Å². The summed E-state index contributed by atoms with van der Waals surface area (Å²) < 4.78 is 32.8. The average Bonchev–Trinajstić information content (AvgIpc) is 3.31. The first-order chi connectivity index (χ1) is 17.4. The standard InChI is InChI=1S/C27H28N4O4S/c1-19-6-9-22(10-7-19)36(33,34)25(16-20-17-28-24-5-3-2-4-23(20)24)27(32)30-21-8-11-26(29-18-21)31-12-14-35-15-13-31/h2-11,17-18,25,28H,12-16H2,1H3,(H,30,32)/t25-/m0/s1. The molecule has 8 nitrogen and oxygen atoms in total. The summed E-state index contributed by atoms with van der Waals surface area (Å²) in [4.78, 5) is 23.4. The number of sulfone groups is 1. The molecule has 0 unspecified atom stereocenters. The maximum atomic E-state index is 13.7. The highest BCUT2D eigenvalue weighted by molar-refractivity contribution is 7.92. The van der Waals surface area contributed by atoms with E-state index >= 15 is 0 Å². The molecule has 1 amide bonds. The van der Waals surface area contributed by atoms with Crippen LogP contribution in [0, 0.1) is 6.92 Å². The third kappa shape index (κ3) is 4.98. The van der Waals surface area contributed by atoms with Gasteiger partial charge in [0.05, 0.1) is 30.0 Å². The molecule has 1 aliphatic heterocycles. The number of H-pyrrole nitrogens is 1. The number of para-hydroxylation sites is 1. The van der Waals surface area contributed by atoms with Gasteiger partial charge in [-0.25, -0.2) is 13.4 Å². The molecule has 2 aromatic carbocycles. The minimum Gasteiger partial charge on any atom is -0.378 e. The molecule has 2 N–H and O–H groups in total. The Labute approximate surface area is 210 Å². The Morgan fingerprint density at radius 3 is 2.56 bits per heavy atom. The molecule has 0 radical (unpaired) electrons. The first kappa shape index (κ1) is 24.0. The van der Waals surface area contributed by atoms with Gasteiger partial charge in [-0.05, 0) is 42.8 Å². The molecule has 186 valence electrons. The SMILES string of the molecule is Cc1ccc(S(=O)(=O)[C@@H](Cc2c[nH]c3ccccc23)C(=O)Nc2ccc(N3CCOCC3)nc2)cc1. The molecular formula is C27H28N4O4S. The largest absolute Gasteiger partial charge is 0.378 e. The second kappa shape index (κ2) is 10.1. The Hall–Kier alpha value is -3.69. The van der Waals surface area contributed by atoms with Crippen LogP contribution in [0.2, 0.25) is 0 Å². The van der Waals surface area contributed by atoms with Crippen LogP contribution in [0.1, 0.15) is 11.1 Å². The monoisotopic (exact) mass is 504 g/mol. The van der Waals surface area contributed by atoms with Gasteiger partial charge >= 0.3 is 0 Å². The number of aryl methyl sites for hydroxylation is 1. The summed E-state index contributed by atoms with van der Waals surface area (Å²) in [5, 5.41) is 2.36. The number of morpholine rings is 1. The van der Waals surface area contributed by atoms with Crippen molar-refractivity contribution in [3.05, 3.63) is 84.2 Å². The minimum atomic E-state index is -3.98.